The molecular weight excluding hydrogens is 280 g/mol. The highest BCUT2D eigenvalue weighted by molar-refractivity contribution is 6.12. The second kappa shape index (κ2) is 9.50. The van der Waals surface area contributed by atoms with Crippen molar-refractivity contribution in [2.24, 2.45) is 0 Å². The summed E-state index contributed by atoms with van der Waals surface area (Å²) in [6, 6.07) is 4.35. The lowest BCUT2D eigenvalue weighted by Gasteiger charge is -2.14. The van der Waals surface area contributed by atoms with Crippen molar-refractivity contribution in [2.45, 2.75) is 75.7 Å². The van der Waals surface area contributed by atoms with E-state index in [9.17, 15) is 4.79 Å². The summed E-state index contributed by atoms with van der Waals surface area (Å²) in [4.78, 5) is 12.0. The summed E-state index contributed by atoms with van der Waals surface area (Å²) in [5.74, 6) is 0.218. The fourth-order valence-electron chi connectivity index (χ4n) is 2.82. The highest BCUT2D eigenvalue weighted by Gasteiger charge is 2.24. The van der Waals surface area contributed by atoms with Crippen LogP contribution in [0.1, 0.15) is 70.7 Å². The van der Waals surface area contributed by atoms with Gasteiger partial charge in [0.15, 0.2) is 5.78 Å². The maximum Gasteiger partial charge on any atom is 0.184 e. The van der Waals surface area contributed by atoms with Gasteiger partial charge in [-0.25, -0.2) is 0 Å². The summed E-state index contributed by atoms with van der Waals surface area (Å²) in [6.45, 7) is 20.4. The number of hydrogen-bond acceptors (Lipinski definition) is 1. The molecule has 0 spiro atoms. The van der Waals surface area contributed by atoms with E-state index in [0.29, 0.717) is 0 Å². The van der Waals surface area contributed by atoms with Crippen LogP contribution < -0.4 is 0 Å². The predicted molar refractivity (Wildman–Crippen MR) is 103 cm³/mol. The van der Waals surface area contributed by atoms with Gasteiger partial charge in [0.25, 0.3) is 0 Å². The quantitative estimate of drug-likeness (QED) is 0.613. The lowest BCUT2D eigenvalue weighted by atomic mass is 9.90. The summed E-state index contributed by atoms with van der Waals surface area (Å²) < 4.78 is 0. The molecule has 0 N–H and O–H groups in total. The van der Waals surface area contributed by atoms with E-state index in [0.717, 1.165) is 17.6 Å². The lowest BCUT2D eigenvalue weighted by Crippen LogP contribution is -2.01. The van der Waals surface area contributed by atoms with Gasteiger partial charge >= 0.3 is 0 Å². The van der Waals surface area contributed by atoms with Crippen molar-refractivity contribution in [3.05, 3.63) is 56.7 Å². The normalized spacial score (nSPS) is 13.6. The summed E-state index contributed by atoms with van der Waals surface area (Å²) >= 11 is 0. The standard InChI is InChI=1S/C18H22O.2C2H6/c1-10-7-8-11(2)16(12(10)3)9-17-13(4)14(5)18(19)15(17)6;2*1-2/h7-8H,9H2,1-6H3;2*1-2H3. The minimum atomic E-state index is 0.218. The molecule has 1 aliphatic rings. The van der Waals surface area contributed by atoms with E-state index in [2.05, 4.69) is 39.8 Å². The molecular formula is C22H34O. The van der Waals surface area contributed by atoms with Crippen molar-refractivity contribution in [1.82, 2.24) is 0 Å². The van der Waals surface area contributed by atoms with Gasteiger partial charge in [-0.1, -0.05) is 39.8 Å². The van der Waals surface area contributed by atoms with Crippen LogP contribution in [0.3, 0.4) is 0 Å². The molecule has 0 amide bonds. The molecule has 0 atom stereocenters. The van der Waals surface area contributed by atoms with Crippen LogP contribution in [0.2, 0.25) is 0 Å². The highest BCUT2D eigenvalue weighted by Crippen LogP contribution is 2.33. The van der Waals surface area contributed by atoms with Crippen molar-refractivity contribution in [2.75, 3.05) is 0 Å². The minimum absolute atomic E-state index is 0.218. The Balaban J connectivity index is 0.00000112. The summed E-state index contributed by atoms with van der Waals surface area (Å²) in [5, 5.41) is 0. The van der Waals surface area contributed by atoms with Crippen LogP contribution in [0.5, 0.6) is 0 Å². The summed E-state index contributed by atoms with van der Waals surface area (Å²) in [6.07, 6.45) is 0.875. The van der Waals surface area contributed by atoms with Gasteiger partial charge in [0.2, 0.25) is 0 Å². The van der Waals surface area contributed by atoms with Gasteiger partial charge in [-0.15, -0.1) is 0 Å². The minimum Gasteiger partial charge on any atom is -0.289 e. The topological polar surface area (TPSA) is 17.1 Å². The average molecular weight is 315 g/mol. The predicted octanol–water partition coefficient (Wildman–Crippen LogP) is 6.44. The maximum absolute atomic E-state index is 12.0. The van der Waals surface area contributed by atoms with Crippen molar-refractivity contribution < 1.29 is 4.79 Å². The van der Waals surface area contributed by atoms with Gasteiger partial charge in [0.05, 0.1) is 0 Å². The Morgan fingerprint density at radius 2 is 1.17 bits per heavy atom. The fraction of sp³-hybridized carbons (Fsp3) is 0.500. The van der Waals surface area contributed by atoms with E-state index < -0.39 is 0 Å². The molecule has 128 valence electrons. The average Bonchev–Trinajstić information content (AvgIpc) is 2.76. The molecule has 1 heteroatoms. The molecule has 1 aliphatic carbocycles. The number of carbonyl (C=O) groups excluding carboxylic acids is 1. The van der Waals surface area contributed by atoms with E-state index in [4.69, 9.17) is 0 Å². The molecule has 0 bridgehead atoms. The van der Waals surface area contributed by atoms with Gasteiger partial charge in [0, 0.05) is 5.57 Å². The molecule has 0 aliphatic heterocycles. The number of carbonyl (C=O) groups is 1. The molecule has 0 unspecified atom stereocenters. The molecule has 0 fully saturated rings. The first-order chi connectivity index (χ1) is 10.8. The maximum atomic E-state index is 12.0. The third kappa shape index (κ3) is 4.43. The number of Topliss-reactive ketones (excluding diaryl/α,β-unsaturated/α-hetero) is 1. The zero-order valence-corrected chi connectivity index (χ0v) is 16.8. The number of rotatable bonds is 2. The second-order valence-electron chi connectivity index (χ2n) is 5.66. The van der Waals surface area contributed by atoms with Crippen molar-refractivity contribution in [1.29, 1.82) is 0 Å². The third-order valence-electron chi connectivity index (χ3n) is 4.61. The highest BCUT2D eigenvalue weighted by atomic mass is 16.1. The van der Waals surface area contributed by atoms with E-state index in [1.807, 2.05) is 41.5 Å². The molecule has 1 aromatic carbocycles. The SMILES string of the molecule is CC.CC.CC1=C(C)C(Cc2c(C)ccc(C)c2C)=C(C)C1=O. The Labute approximate surface area is 143 Å². The Hall–Kier alpha value is -1.63. The first-order valence-corrected chi connectivity index (χ1v) is 8.82. The Bertz CT molecular complexity index is 628. The van der Waals surface area contributed by atoms with Crippen molar-refractivity contribution in [3.63, 3.8) is 0 Å². The first-order valence-electron chi connectivity index (χ1n) is 8.82. The number of aryl methyl sites for hydroxylation is 2. The van der Waals surface area contributed by atoms with Crippen LogP contribution in [0.15, 0.2) is 34.4 Å². The van der Waals surface area contributed by atoms with Gasteiger partial charge in [-0.3, -0.25) is 4.79 Å². The van der Waals surface area contributed by atoms with E-state index in [1.165, 1.54) is 33.4 Å². The molecule has 23 heavy (non-hydrogen) atoms. The molecule has 0 heterocycles. The zero-order chi connectivity index (χ0) is 18.3. The monoisotopic (exact) mass is 314 g/mol. The largest absolute Gasteiger partial charge is 0.289 e. The van der Waals surface area contributed by atoms with E-state index in [1.54, 1.807) is 0 Å². The van der Waals surface area contributed by atoms with Gasteiger partial charge in [-0.2, -0.15) is 0 Å². The number of ketones is 1. The summed E-state index contributed by atoms with van der Waals surface area (Å²) in [5.41, 5.74) is 9.59. The molecule has 0 aromatic heterocycles. The van der Waals surface area contributed by atoms with Gasteiger partial charge < -0.3 is 0 Å². The third-order valence-corrected chi connectivity index (χ3v) is 4.61. The smallest absolute Gasteiger partial charge is 0.184 e. The number of hydrogen-bond donors (Lipinski definition) is 0. The van der Waals surface area contributed by atoms with Gasteiger partial charge in [-0.05, 0) is 86.9 Å². The second-order valence-corrected chi connectivity index (χ2v) is 5.66. The van der Waals surface area contributed by atoms with Crippen LogP contribution >= 0.6 is 0 Å². The first kappa shape index (κ1) is 21.4. The van der Waals surface area contributed by atoms with E-state index >= 15 is 0 Å². The van der Waals surface area contributed by atoms with Crippen molar-refractivity contribution >= 4 is 5.78 Å². The molecule has 0 saturated heterocycles. The lowest BCUT2D eigenvalue weighted by molar-refractivity contribution is -0.112. The van der Waals surface area contributed by atoms with Crippen LogP contribution in [0.4, 0.5) is 0 Å². The molecule has 1 aromatic rings. The zero-order valence-electron chi connectivity index (χ0n) is 16.8. The van der Waals surface area contributed by atoms with Crippen molar-refractivity contribution in [3.8, 4) is 0 Å². The van der Waals surface area contributed by atoms with E-state index in [-0.39, 0.29) is 5.78 Å². The van der Waals surface area contributed by atoms with Crippen LogP contribution in [-0.2, 0) is 11.2 Å². The molecule has 0 saturated carbocycles. The molecule has 2 rings (SSSR count). The molecule has 1 nitrogen and oxygen atoms in total. The van der Waals surface area contributed by atoms with Gasteiger partial charge in [0.1, 0.15) is 0 Å². The number of benzene rings is 1. The Morgan fingerprint density at radius 1 is 0.696 bits per heavy atom. The Kier molecular flexibility index (Phi) is 8.82. The van der Waals surface area contributed by atoms with Crippen LogP contribution in [-0.4, -0.2) is 5.78 Å². The summed E-state index contributed by atoms with van der Waals surface area (Å²) in [7, 11) is 0. The number of allylic oxidation sites excluding steroid dienone is 4. The molecule has 0 radical (unpaired) electrons. The van der Waals surface area contributed by atoms with Crippen LogP contribution in [0.25, 0.3) is 0 Å². The fourth-order valence-corrected chi connectivity index (χ4v) is 2.82. The Morgan fingerprint density at radius 3 is 1.61 bits per heavy atom. The van der Waals surface area contributed by atoms with Crippen LogP contribution in [0, 0.1) is 20.8 Å².